The third kappa shape index (κ3) is 2.69. The van der Waals surface area contributed by atoms with E-state index in [1.807, 2.05) is 17.5 Å². The summed E-state index contributed by atoms with van der Waals surface area (Å²) in [4.78, 5) is 24.5. The number of hydrogen-bond acceptors (Lipinski definition) is 7. The van der Waals surface area contributed by atoms with Crippen molar-refractivity contribution in [3.05, 3.63) is 23.7 Å². The van der Waals surface area contributed by atoms with Gasteiger partial charge in [-0.2, -0.15) is 4.98 Å². The maximum absolute atomic E-state index is 11.7. The van der Waals surface area contributed by atoms with Crippen LogP contribution in [0.1, 0.15) is 19.3 Å². The quantitative estimate of drug-likeness (QED) is 0.717. The number of piperazine rings is 1. The predicted octanol–water partition coefficient (Wildman–Crippen LogP) is 3.68. The molecular formula is C19H20N4O4S. The Kier molecular flexibility index (Phi) is 4.12. The summed E-state index contributed by atoms with van der Waals surface area (Å²) in [5, 5.41) is 12.4. The summed E-state index contributed by atoms with van der Waals surface area (Å²) in [5.74, 6) is 0.648. The number of thiazole rings is 1. The van der Waals surface area contributed by atoms with Crippen LogP contribution in [0.3, 0.4) is 0 Å². The molecule has 1 amide bonds. The van der Waals surface area contributed by atoms with Gasteiger partial charge in [0.2, 0.25) is 0 Å². The molecule has 2 fully saturated rings. The van der Waals surface area contributed by atoms with Gasteiger partial charge >= 0.3 is 6.09 Å². The van der Waals surface area contributed by atoms with Gasteiger partial charge in [-0.1, -0.05) is 0 Å². The lowest BCUT2D eigenvalue weighted by Gasteiger charge is -2.48. The van der Waals surface area contributed by atoms with E-state index < -0.39 is 6.09 Å². The maximum atomic E-state index is 11.7. The number of aromatic nitrogens is 2. The van der Waals surface area contributed by atoms with Gasteiger partial charge in [-0.25, -0.2) is 9.78 Å². The van der Waals surface area contributed by atoms with Gasteiger partial charge < -0.3 is 19.2 Å². The Bertz CT molecular complexity index is 1000. The van der Waals surface area contributed by atoms with E-state index in [9.17, 15) is 9.90 Å². The molecular weight excluding hydrogens is 380 g/mol. The number of benzene rings is 1. The number of anilines is 1. The molecule has 2 unspecified atom stereocenters. The average molecular weight is 400 g/mol. The van der Waals surface area contributed by atoms with E-state index in [0.29, 0.717) is 36.0 Å². The molecule has 2 saturated heterocycles. The van der Waals surface area contributed by atoms with E-state index >= 15 is 0 Å². The lowest BCUT2D eigenvalue weighted by Crippen LogP contribution is -2.62. The smallest absolute Gasteiger partial charge is 0.407 e. The van der Waals surface area contributed by atoms with Crippen molar-refractivity contribution >= 4 is 34.5 Å². The third-order valence-electron chi connectivity index (χ3n) is 5.59. The number of nitrogens with zero attached hydrogens (tertiary/aromatic N) is 4. The summed E-state index contributed by atoms with van der Waals surface area (Å²) >= 11 is 1.54. The van der Waals surface area contributed by atoms with Crippen molar-refractivity contribution in [2.75, 3.05) is 25.1 Å². The molecule has 0 saturated carbocycles. The number of carboxylic acid groups (broad SMARTS) is 1. The summed E-state index contributed by atoms with van der Waals surface area (Å²) in [6, 6.07) is 4.27. The largest absolute Gasteiger partial charge is 0.494 e. The number of hydrogen-bond donors (Lipinski definition) is 1. The molecule has 8 nitrogen and oxygen atoms in total. The highest BCUT2D eigenvalue weighted by molar-refractivity contribution is 7.13. The minimum absolute atomic E-state index is 0.0275. The van der Waals surface area contributed by atoms with E-state index in [1.54, 1.807) is 29.5 Å². The van der Waals surface area contributed by atoms with Crippen LogP contribution in [0.25, 0.3) is 21.7 Å². The van der Waals surface area contributed by atoms with Gasteiger partial charge in [0, 0.05) is 24.7 Å². The molecule has 5 rings (SSSR count). The number of fused-ring (bicyclic) bond motifs is 3. The maximum Gasteiger partial charge on any atom is 0.407 e. The van der Waals surface area contributed by atoms with E-state index in [-0.39, 0.29) is 12.1 Å². The van der Waals surface area contributed by atoms with Crippen molar-refractivity contribution in [3.8, 4) is 16.3 Å². The van der Waals surface area contributed by atoms with Gasteiger partial charge in [0.1, 0.15) is 10.8 Å². The van der Waals surface area contributed by atoms with Crippen molar-refractivity contribution < 1.29 is 19.1 Å². The number of amides is 1. The van der Waals surface area contributed by atoms with Gasteiger partial charge in [-0.3, -0.25) is 4.90 Å². The van der Waals surface area contributed by atoms with Gasteiger partial charge in [-0.05, 0) is 31.4 Å². The fourth-order valence-electron chi connectivity index (χ4n) is 4.37. The molecule has 146 valence electrons. The Balaban J connectivity index is 1.55. The second-order valence-corrected chi connectivity index (χ2v) is 8.05. The molecule has 2 atom stereocenters. The average Bonchev–Trinajstić information content (AvgIpc) is 3.36. The van der Waals surface area contributed by atoms with Gasteiger partial charge in [0.15, 0.2) is 11.1 Å². The fourth-order valence-corrected chi connectivity index (χ4v) is 5.03. The van der Waals surface area contributed by atoms with Crippen LogP contribution in [0.4, 0.5) is 10.8 Å². The van der Waals surface area contributed by atoms with Crippen LogP contribution in [0.15, 0.2) is 28.1 Å². The molecule has 2 aliphatic heterocycles. The van der Waals surface area contributed by atoms with Crippen LogP contribution in [0.2, 0.25) is 0 Å². The lowest BCUT2D eigenvalue weighted by atomic mass is 9.92. The second kappa shape index (κ2) is 6.66. The molecule has 28 heavy (non-hydrogen) atoms. The molecule has 9 heteroatoms. The number of carbonyl (C=O) groups is 1. The van der Waals surface area contributed by atoms with Crippen LogP contribution in [0, 0.1) is 0 Å². The predicted molar refractivity (Wildman–Crippen MR) is 105 cm³/mol. The number of rotatable bonds is 3. The molecule has 2 aromatic heterocycles. The van der Waals surface area contributed by atoms with Gasteiger partial charge in [0.25, 0.3) is 6.01 Å². The molecule has 1 N–H and O–H groups in total. The van der Waals surface area contributed by atoms with Crippen molar-refractivity contribution in [1.29, 1.82) is 0 Å². The Morgan fingerprint density at radius 2 is 2.11 bits per heavy atom. The standard InChI is InChI=1S/C19H20N4O4S/c1-26-14-6-5-13(17-20-7-8-28-17)16-15(14)21-18(27-16)22-9-11-3-2-4-12(10-22)23(11)19(24)25/h5-8,11-12H,2-4,9-10H2,1H3,(H,24,25). The zero-order valence-electron chi connectivity index (χ0n) is 15.4. The van der Waals surface area contributed by atoms with E-state index in [0.717, 1.165) is 29.8 Å². The van der Waals surface area contributed by atoms with Gasteiger partial charge in [-0.15, -0.1) is 11.3 Å². The molecule has 2 bridgehead atoms. The Morgan fingerprint density at radius 1 is 1.32 bits per heavy atom. The van der Waals surface area contributed by atoms with Crippen LogP contribution in [-0.4, -0.2) is 58.4 Å². The Hall–Kier alpha value is -2.81. The number of piperidine rings is 1. The van der Waals surface area contributed by atoms with Crippen molar-refractivity contribution in [2.24, 2.45) is 0 Å². The zero-order chi connectivity index (χ0) is 19.3. The normalized spacial score (nSPS) is 21.9. The molecule has 3 aromatic rings. The zero-order valence-corrected chi connectivity index (χ0v) is 16.2. The highest BCUT2D eigenvalue weighted by Crippen LogP contribution is 2.39. The Labute approximate surface area is 165 Å². The molecule has 0 radical (unpaired) electrons. The fraction of sp³-hybridized carbons (Fsp3) is 0.421. The minimum atomic E-state index is -0.834. The van der Waals surface area contributed by atoms with Crippen LogP contribution in [0.5, 0.6) is 5.75 Å². The number of methoxy groups -OCH3 is 1. The van der Waals surface area contributed by atoms with E-state index in [4.69, 9.17) is 14.1 Å². The second-order valence-electron chi connectivity index (χ2n) is 7.16. The first-order valence-corrected chi connectivity index (χ1v) is 10.2. The molecule has 1 aromatic carbocycles. The van der Waals surface area contributed by atoms with Crippen LogP contribution < -0.4 is 9.64 Å². The molecule has 0 aliphatic carbocycles. The minimum Gasteiger partial charge on any atom is -0.494 e. The van der Waals surface area contributed by atoms with E-state index in [2.05, 4.69) is 9.88 Å². The summed E-state index contributed by atoms with van der Waals surface area (Å²) < 4.78 is 11.7. The molecule has 4 heterocycles. The summed E-state index contributed by atoms with van der Waals surface area (Å²) in [6.45, 7) is 1.18. The highest BCUT2D eigenvalue weighted by Gasteiger charge is 2.41. The van der Waals surface area contributed by atoms with Crippen molar-refractivity contribution in [3.63, 3.8) is 0 Å². The number of ether oxygens (including phenoxy) is 1. The van der Waals surface area contributed by atoms with Crippen molar-refractivity contribution in [2.45, 2.75) is 31.3 Å². The summed E-state index contributed by atoms with van der Waals surface area (Å²) in [7, 11) is 1.61. The first-order valence-electron chi connectivity index (χ1n) is 9.29. The monoisotopic (exact) mass is 400 g/mol. The van der Waals surface area contributed by atoms with E-state index in [1.165, 1.54) is 0 Å². The molecule has 2 aliphatic rings. The summed E-state index contributed by atoms with van der Waals surface area (Å²) in [5.41, 5.74) is 2.19. The lowest BCUT2D eigenvalue weighted by molar-refractivity contribution is 0.0593. The van der Waals surface area contributed by atoms with Crippen molar-refractivity contribution in [1.82, 2.24) is 14.9 Å². The topological polar surface area (TPSA) is 91.9 Å². The third-order valence-corrected chi connectivity index (χ3v) is 6.40. The first-order chi connectivity index (χ1) is 13.7. The first kappa shape index (κ1) is 17.3. The van der Waals surface area contributed by atoms with Gasteiger partial charge in [0.05, 0.1) is 24.8 Å². The summed E-state index contributed by atoms with van der Waals surface area (Å²) in [6.07, 6.45) is 3.72. The van der Waals surface area contributed by atoms with Crippen LogP contribution in [-0.2, 0) is 0 Å². The Morgan fingerprint density at radius 3 is 2.75 bits per heavy atom. The van der Waals surface area contributed by atoms with Crippen LogP contribution >= 0.6 is 11.3 Å². The number of oxazole rings is 1. The molecule has 0 spiro atoms. The highest BCUT2D eigenvalue weighted by atomic mass is 32.1. The SMILES string of the molecule is COc1ccc(-c2nccs2)c2oc(N3CC4CCCC(C3)N4C(=O)O)nc12.